The van der Waals surface area contributed by atoms with Crippen LogP contribution in [0.1, 0.15) is 26.7 Å². The summed E-state index contributed by atoms with van der Waals surface area (Å²) in [6, 6.07) is 3.13. The monoisotopic (exact) mass is 294 g/mol. The van der Waals surface area contributed by atoms with E-state index in [0.29, 0.717) is 24.8 Å². The fourth-order valence-corrected chi connectivity index (χ4v) is 2.28. The molecule has 0 bridgehead atoms. The van der Waals surface area contributed by atoms with Crippen LogP contribution in [0.3, 0.4) is 0 Å². The molecule has 116 valence electrons. The lowest BCUT2D eigenvalue weighted by molar-refractivity contribution is 0.136. The molecule has 7 heteroatoms. The second-order valence-electron chi connectivity index (χ2n) is 5.49. The van der Waals surface area contributed by atoms with E-state index in [4.69, 9.17) is 4.74 Å². The van der Waals surface area contributed by atoms with E-state index in [-0.39, 0.29) is 24.7 Å². The van der Waals surface area contributed by atoms with Crippen LogP contribution in [0.25, 0.3) is 0 Å². The summed E-state index contributed by atoms with van der Waals surface area (Å²) in [4.78, 5) is 13.8. The first kappa shape index (κ1) is 15.5. The van der Waals surface area contributed by atoms with Crippen LogP contribution in [-0.4, -0.2) is 52.0 Å². The molecular formula is C14H22N4O3. The van der Waals surface area contributed by atoms with Crippen molar-refractivity contribution in [2.45, 2.75) is 32.8 Å². The Bertz CT molecular complexity index is 464. The molecule has 1 aromatic heterocycles. The van der Waals surface area contributed by atoms with Crippen LogP contribution in [0.2, 0.25) is 0 Å². The average molecular weight is 294 g/mol. The SMILES string of the molecule is CC(C)Oc1ccc(NC(=O)N2CCCC(CO)C2)nn1. The zero-order valence-corrected chi connectivity index (χ0v) is 12.5. The maximum Gasteiger partial charge on any atom is 0.323 e. The summed E-state index contributed by atoms with van der Waals surface area (Å²) >= 11 is 0. The van der Waals surface area contributed by atoms with Crippen molar-refractivity contribution in [3.05, 3.63) is 12.1 Å². The van der Waals surface area contributed by atoms with Gasteiger partial charge in [0.25, 0.3) is 0 Å². The van der Waals surface area contributed by atoms with Crippen LogP contribution >= 0.6 is 0 Å². The Morgan fingerprint density at radius 3 is 2.95 bits per heavy atom. The van der Waals surface area contributed by atoms with Gasteiger partial charge in [0, 0.05) is 25.8 Å². The number of nitrogens with one attached hydrogen (secondary N) is 1. The molecule has 1 aromatic rings. The second kappa shape index (κ2) is 7.21. The highest BCUT2D eigenvalue weighted by molar-refractivity contribution is 5.88. The van der Waals surface area contributed by atoms with Gasteiger partial charge in [0.15, 0.2) is 5.82 Å². The molecule has 2 N–H and O–H groups in total. The van der Waals surface area contributed by atoms with Gasteiger partial charge in [-0.15, -0.1) is 10.2 Å². The minimum absolute atomic E-state index is 0.0310. The van der Waals surface area contributed by atoms with Crippen molar-refractivity contribution in [2.24, 2.45) is 5.92 Å². The Balaban J connectivity index is 1.90. The first-order valence-electron chi connectivity index (χ1n) is 7.25. The molecule has 1 saturated heterocycles. The fraction of sp³-hybridized carbons (Fsp3) is 0.643. The Morgan fingerprint density at radius 2 is 2.33 bits per heavy atom. The molecule has 0 saturated carbocycles. The zero-order valence-electron chi connectivity index (χ0n) is 12.5. The number of aliphatic hydroxyl groups excluding tert-OH is 1. The third-order valence-corrected chi connectivity index (χ3v) is 3.30. The summed E-state index contributed by atoms with van der Waals surface area (Å²) in [5, 5.41) is 19.7. The molecule has 0 aliphatic carbocycles. The number of aromatic nitrogens is 2. The van der Waals surface area contributed by atoms with Crippen LogP contribution in [-0.2, 0) is 0 Å². The number of ether oxygens (including phenoxy) is 1. The molecular weight excluding hydrogens is 272 g/mol. The molecule has 1 fully saturated rings. The number of urea groups is 1. The minimum Gasteiger partial charge on any atom is -0.474 e. The van der Waals surface area contributed by atoms with Gasteiger partial charge in [-0.1, -0.05) is 0 Å². The number of nitrogens with zero attached hydrogens (tertiary/aromatic N) is 3. The second-order valence-corrected chi connectivity index (χ2v) is 5.49. The largest absolute Gasteiger partial charge is 0.474 e. The van der Waals surface area contributed by atoms with E-state index in [0.717, 1.165) is 12.8 Å². The first-order chi connectivity index (χ1) is 10.1. The van der Waals surface area contributed by atoms with E-state index in [2.05, 4.69) is 15.5 Å². The number of hydrogen-bond acceptors (Lipinski definition) is 5. The van der Waals surface area contributed by atoms with Gasteiger partial charge in [0.05, 0.1) is 6.10 Å². The van der Waals surface area contributed by atoms with Gasteiger partial charge in [-0.25, -0.2) is 4.79 Å². The number of carbonyl (C=O) groups excluding carboxylic acids is 1. The lowest BCUT2D eigenvalue weighted by Crippen LogP contribution is -2.43. The van der Waals surface area contributed by atoms with Gasteiger partial charge < -0.3 is 14.7 Å². The quantitative estimate of drug-likeness (QED) is 0.878. The highest BCUT2D eigenvalue weighted by Crippen LogP contribution is 2.17. The normalized spacial score (nSPS) is 18.7. The van der Waals surface area contributed by atoms with E-state index in [1.165, 1.54) is 0 Å². The van der Waals surface area contributed by atoms with Crippen molar-refractivity contribution in [3.63, 3.8) is 0 Å². The highest BCUT2D eigenvalue weighted by atomic mass is 16.5. The third-order valence-electron chi connectivity index (χ3n) is 3.30. The van der Waals surface area contributed by atoms with Crippen LogP contribution in [0.4, 0.5) is 10.6 Å². The molecule has 0 aromatic carbocycles. The van der Waals surface area contributed by atoms with Gasteiger partial charge in [-0.05, 0) is 38.7 Å². The van der Waals surface area contributed by atoms with Gasteiger partial charge in [-0.3, -0.25) is 5.32 Å². The number of piperidine rings is 1. The Morgan fingerprint density at radius 1 is 1.52 bits per heavy atom. The Hall–Kier alpha value is -1.89. The highest BCUT2D eigenvalue weighted by Gasteiger charge is 2.23. The number of anilines is 1. The van der Waals surface area contributed by atoms with E-state index < -0.39 is 0 Å². The molecule has 2 amide bonds. The molecule has 2 heterocycles. The van der Waals surface area contributed by atoms with Crippen molar-refractivity contribution < 1.29 is 14.6 Å². The summed E-state index contributed by atoms with van der Waals surface area (Å²) in [5.74, 6) is 0.987. The fourth-order valence-electron chi connectivity index (χ4n) is 2.28. The molecule has 1 aliphatic rings. The predicted molar refractivity (Wildman–Crippen MR) is 78.2 cm³/mol. The van der Waals surface area contributed by atoms with E-state index in [1.54, 1.807) is 17.0 Å². The van der Waals surface area contributed by atoms with Gasteiger partial charge in [0.2, 0.25) is 5.88 Å². The number of rotatable bonds is 4. The van der Waals surface area contributed by atoms with Crippen molar-refractivity contribution in [3.8, 4) is 5.88 Å². The molecule has 0 spiro atoms. The predicted octanol–water partition coefficient (Wildman–Crippen LogP) is 1.50. The van der Waals surface area contributed by atoms with Gasteiger partial charge in [-0.2, -0.15) is 0 Å². The molecule has 1 aliphatic heterocycles. The van der Waals surface area contributed by atoms with Gasteiger partial charge in [0.1, 0.15) is 0 Å². The average Bonchev–Trinajstić information content (AvgIpc) is 2.49. The summed E-state index contributed by atoms with van der Waals surface area (Å²) in [5.41, 5.74) is 0. The summed E-state index contributed by atoms with van der Waals surface area (Å²) in [6.45, 7) is 5.20. The summed E-state index contributed by atoms with van der Waals surface area (Å²) < 4.78 is 5.39. The van der Waals surface area contributed by atoms with Crippen molar-refractivity contribution in [1.29, 1.82) is 0 Å². The number of aliphatic hydroxyl groups is 1. The summed E-state index contributed by atoms with van der Waals surface area (Å²) in [6.07, 6.45) is 1.90. The van der Waals surface area contributed by atoms with Crippen molar-refractivity contribution in [1.82, 2.24) is 15.1 Å². The molecule has 1 unspecified atom stereocenters. The van der Waals surface area contributed by atoms with E-state index >= 15 is 0 Å². The van der Waals surface area contributed by atoms with Crippen LogP contribution in [0.15, 0.2) is 12.1 Å². The van der Waals surface area contributed by atoms with Crippen molar-refractivity contribution in [2.75, 3.05) is 25.0 Å². The Labute approximate surface area is 124 Å². The lowest BCUT2D eigenvalue weighted by Gasteiger charge is -2.31. The topological polar surface area (TPSA) is 87.6 Å². The van der Waals surface area contributed by atoms with E-state index in [1.807, 2.05) is 13.8 Å². The van der Waals surface area contributed by atoms with Crippen LogP contribution in [0, 0.1) is 5.92 Å². The van der Waals surface area contributed by atoms with Crippen LogP contribution in [0.5, 0.6) is 5.88 Å². The molecule has 1 atom stereocenters. The minimum atomic E-state index is -0.208. The maximum absolute atomic E-state index is 12.1. The smallest absolute Gasteiger partial charge is 0.323 e. The molecule has 7 nitrogen and oxygen atoms in total. The first-order valence-corrected chi connectivity index (χ1v) is 7.25. The number of carbonyl (C=O) groups is 1. The molecule has 0 radical (unpaired) electrons. The van der Waals surface area contributed by atoms with E-state index in [9.17, 15) is 9.90 Å². The Kier molecular flexibility index (Phi) is 5.32. The maximum atomic E-state index is 12.1. The molecule has 2 rings (SSSR count). The third kappa shape index (κ3) is 4.56. The zero-order chi connectivity index (χ0) is 15.2. The number of amides is 2. The lowest BCUT2D eigenvalue weighted by atomic mass is 9.99. The standard InChI is InChI=1S/C14H22N4O3/c1-10(2)21-13-6-5-12(16-17-13)15-14(20)18-7-3-4-11(8-18)9-19/h5-6,10-11,19H,3-4,7-9H2,1-2H3,(H,15,16,20). The van der Waals surface area contributed by atoms with Gasteiger partial charge >= 0.3 is 6.03 Å². The van der Waals surface area contributed by atoms with Crippen molar-refractivity contribution >= 4 is 11.8 Å². The molecule has 21 heavy (non-hydrogen) atoms. The summed E-state index contributed by atoms with van der Waals surface area (Å²) in [7, 11) is 0. The number of hydrogen-bond donors (Lipinski definition) is 2. The number of likely N-dealkylation sites (tertiary alicyclic amines) is 1. The van der Waals surface area contributed by atoms with Crippen LogP contribution < -0.4 is 10.1 Å².